The van der Waals surface area contributed by atoms with Gasteiger partial charge >= 0.3 is 24.4 Å². The van der Waals surface area contributed by atoms with Crippen LogP contribution in [-0.4, -0.2) is 201 Å². The van der Waals surface area contributed by atoms with Crippen LogP contribution in [0.2, 0.25) is 0 Å². The van der Waals surface area contributed by atoms with Crippen molar-refractivity contribution in [1.29, 1.82) is 0 Å². The molecule has 2 heterocycles. The molecule has 0 aromatic heterocycles. The maximum atomic E-state index is 13.7. The van der Waals surface area contributed by atoms with Crippen LogP contribution in [0.3, 0.4) is 0 Å². The van der Waals surface area contributed by atoms with Gasteiger partial charge in [-0.25, -0.2) is 19.2 Å². The fourth-order valence-electron chi connectivity index (χ4n) is 7.58. The molecule has 2 aliphatic heterocycles. The van der Waals surface area contributed by atoms with E-state index in [2.05, 4.69) is 26.6 Å². The van der Waals surface area contributed by atoms with Crippen molar-refractivity contribution >= 4 is 30.3 Å². The van der Waals surface area contributed by atoms with Crippen LogP contribution in [-0.2, 0) is 38.0 Å². The van der Waals surface area contributed by atoms with Gasteiger partial charge in [-0.2, -0.15) is 0 Å². The van der Waals surface area contributed by atoms with Crippen molar-refractivity contribution in [3.05, 3.63) is 0 Å². The molecule has 65 heavy (non-hydrogen) atoms. The highest BCUT2D eigenvalue weighted by Crippen LogP contribution is 2.35. The minimum Gasteiger partial charge on any atom is -0.465 e. The van der Waals surface area contributed by atoms with Gasteiger partial charge in [-0.3, -0.25) is 4.79 Å². The second-order valence-electron chi connectivity index (χ2n) is 19.8. The van der Waals surface area contributed by atoms with E-state index in [-0.39, 0.29) is 45.5 Å². The van der Waals surface area contributed by atoms with Crippen molar-refractivity contribution in [3.63, 3.8) is 0 Å². The lowest BCUT2D eigenvalue weighted by Crippen LogP contribution is -2.71. The third-order valence-corrected chi connectivity index (χ3v) is 10.3. The van der Waals surface area contributed by atoms with Crippen LogP contribution in [0.25, 0.3) is 0 Å². The predicted molar refractivity (Wildman–Crippen MR) is 227 cm³/mol. The van der Waals surface area contributed by atoms with Gasteiger partial charge in [-0.15, -0.1) is 0 Å². The number of nitrogens with zero attached hydrogens (tertiary/aromatic N) is 1. The monoisotopic (exact) mass is 939 g/mol. The first-order valence-electron chi connectivity index (χ1n) is 21.8. The van der Waals surface area contributed by atoms with Crippen molar-refractivity contribution in [2.45, 2.75) is 191 Å². The summed E-state index contributed by atoms with van der Waals surface area (Å²) in [5.74, 6) is -0.993. The summed E-state index contributed by atoms with van der Waals surface area (Å²) in [6, 6.07) is -5.02. The smallest absolute Gasteiger partial charge is 0.410 e. The van der Waals surface area contributed by atoms with Gasteiger partial charge in [0.25, 0.3) is 0 Å². The first kappa shape index (κ1) is 55.5. The Balaban J connectivity index is 2.06. The highest BCUT2D eigenvalue weighted by atomic mass is 16.7. The molecule has 13 atom stereocenters. The first-order chi connectivity index (χ1) is 29.9. The fourth-order valence-corrected chi connectivity index (χ4v) is 7.58. The Morgan fingerprint density at radius 1 is 0.785 bits per heavy atom. The molecule has 0 aromatic carbocycles. The Morgan fingerprint density at radius 2 is 1.35 bits per heavy atom. The summed E-state index contributed by atoms with van der Waals surface area (Å²) in [7, 11) is 1.30. The van der Waals surface area contributed by atoms with E-state index in [9.17, 15) is 54.6 Å². The van der Waals surface area contributed by atoms with Gasteiger partial charge in [-0.1, -0.05) is 0 Å². The number of alkyl carbamates (subject to hydrolysis) is 2. The lowest BCUT2D eigenvalue weighted by molar-refractivity contribution is -0.314. The topological polar surface area (TPSA) is 335 Å². The van der Waals surface area contributed by atoms with Crippen LogP contribution < -0.4 is 26.6 Å². The molecule has 3 aliphatic rings. The van der Waals surface area contributed by atoms with E-state index >= 15 is 0 Å². The molecule has 376 valence electrons. The Kier molecular flexibility index (Phi) is 19.8. The Bertz CT molecular complexity index is 1590. The number of likely N-dealkylation sites (N-methyl/N-ethyl adjacent to an activating group) is 1. The molecule has 0 spiro atoms. The SMILES string of the molecule is CN(C(=O)OC(C)(C)C)[C@@H]1[C@@H](O)[C@@H](O[C@@H]2[C@@H](O)[C@H](O[C@H]3O[C@H](CNCCO)CC[C@H]3NC(=O)O)[C@@H](NC(=O)OC(C)(C)C)C[C@H]2NC(=O)[C@@H](O)CCNC(=O)OC(C)(C)C)OC[C@]1(C)O. The summed E-state index contributed by atoms with van der Waals surface area (Å²) in [5, 5.41) is 78.6. The first-order valence-corrected chi connectivity index (χ1v) is 21.8. The summed E-state index contributed by atoms with van der Waals surface area (Å²) in [6.07, 6.45) is -16.4. The van der Waals surface area contributed by atoms with E-state index < -0.39 is 133 Å². The number of carbonyl (C=O) groups excluding carboxylic acids is 4. The van der Waals surface area contributed by atoms with E-state index in [0.29, 0.717) is 6.42 Å². The maximum Gasteiger partial charge on any atom is 0.410 e. The highest BCUT2D eigenvalue weighted by Gasteiger charge is 2.55. The molecule has 11 N–H and O–H groups in total. The molecule has 1 aliphatic carbocycles. The lowest BCUT2D eigenvalue weighted by Gasteiger charge is -2.51. The summed E-state index contributed by atoms with van der Waals surface area (Å²) in [5.41, 5.74) is -4.63. The molecule has 0 bridgehead atoms. The molecule has 0 radical (unpaired) electrons. The van der Waals surface area contributed by atoms with E-state index in [1.54, 1.807) is 62.3 Å². The van der Waals surface area contributed by atoms with E-state index in [4.69, 9.17) is 33.2 Å². The van der Waals surface area contributed by atoms with Gasteiger partial charge in [0.1, 0.15) is 52.9 Å². The molecule has 2 saturated heterocycles. The number of carboxylic acid groups (broad SMARTS) is 1. The second kappa shape index (κ2) is 23.2. The van der Waals surface area contributed by atoms with Crippen molar-refractivity contribution in [2.24, 2.45) is 0 Å². The minimum atomic E-state index is -1.90. The second-order valence-corrected chi connectivity index (χ2v) is 19.8. The van der Waals surface area contributed by atoms with Gasteiger partial charge in [0.05, 0.1) is 43.5 Å². The van der Waals surface area contributed by atoms with Crippen LogP contribution in [0.5, 0.6) is 0 Å². The number of hydrogen-bond donors (Lipinski definition) is 11. The van der Waals surface area contributed by atoms with Crippen molar-refractivity contribution in [2.75, 3.05) is 39.9 Å². The fraction of sp³-hybridized carbons (Fsp3) is 0.878. The van der Waals surface area contributed by atoms with Crippen LogP contribution in [0.4, 0.5) is 19.2 Å². The normalized spacial score (nSPS) is 31.4. The molecule has 3 rings (SSSR count). The molecule has 0 aromatic rings. The summed E-state index contributed by atoms with van der Waals surface area (Å²) < 4.78 is 40.9. The number of amides is 5. The third-order valence-electron chi connectivity index (χ3n) is 10.3. The van der Waals surface area contributed by atoms with Crippen molar-refractivity contribution in [1.82, 2.24) is 31.5 Å². The van der Waals surface area contributed by atoms with Crippen LogP contribution >= 0.6 is 0 Å². The number of aliphatic hydroxyl groups excluding tert-OH is 4. The number of carbonyl (C=O) groups is 5. The van der Waals surface area contributed by atoms with Gasteiger partial charge in [0, 0.05) is 26.7 Å². The minimum absolute atomic E-state index is 0.157. The van der Waals surface area contributed by atoms with E-state index in [1.165, 1.54) is 14.0 Å². The average Bonchev–Trinajstić information content (AvgIpc) is 3.13. The van der Waals surface area contributed by atoms with E-state index in [1.807, 2.05) is 0 Å². The number of hydrogen-bond acceptors (Lipinski definition) is 18. The zero-order chi connectivity index (χ0) is 49.2. The van der Waals surface area contributed by atoms with Gasteiger partial charge in [0.2, 0.25) is 5.91 Å². The summed E-state index contributed by atoms with van der Waals surface area (Å²) in [4.78, 5) is 65.4. The van der Waals surface area contributed by atoms with Gasteiger partial charge in [-0.05, 0) is 94.9 Å². The molecule has 24 heteroatoms. The number of rotatable bonds is 16. The summed E-state index contributed by atoms with van der Waals surface area (Å²) in [6.45, 7) is 15.7. The molecule has 0 unspecified atom stereocenters. The number of ether oxygens (including phenoxy) is 7. The van der Waals surface area contributed by atoms with Crippen LogP contribution in [0.15, 0.2) is 0 Å². The zero-order valence-corrected chi connectivity index (χ0v) is 39.3. The maximum absolute atomic E-state index is 13.7. The predicted octanol–water partition coefficient (Wildman–Crippen LogP) is -0.398. The molecule has 24 nitrogen and oxygen atoms in total. The van der Waals surface area contributed by atoms with Gasteiger partial charge in [0.15, 0.2) is 12.6 Å². The molecule has 1 saturated carbocycles. The number of aliphatic hydroxyl groups is 5. The van der Waals surface area contributed by atoms with Crippen LogP contribution in [0, 0.1) is 0 Å². The largest absolute Gasteiger partial charge is 0.465 e. The molecule has 5 amide bonds. The zero-order valence-electron chi connectivity index (χ0n) is 39.3. The standard InChI is InChI=1S/C41H74N6O18/c1-38(2,3)63-35(55)43-15-14-25(49)31(52)44-23-18-24(46-36(56)64-39(4,5)6)29(61-32-22(45-34(53)54)13-12-21(60-32)19-42-16-17-48)26(50)28(23)62-33-27(51)30(41(10,58)20-59-33)47(11)37(57)65-40(7,8)9/h21-30,32-33,42,45,48-51,58H,12-20H2,1-11H3,(H,43,55)(H,44,52)(H,46,56)(H,53,54)/t21-,22+,23+,24-,25-,26+,27+,28-,29+,30+,32+,33+,41-/m0/s1. The lowest BCUT2D eigenvalue weighted by atomic mass is 9.82. The Morgan fingerprint density at radius 3 is 1.92 bits per heavy atom. The summed E-state index contributed by atoms with van der Waals surface area (Å²) >= 11 is 0. The third kappa shape index (κ3) is 17.7. The van der Waals surface area contributed by atoms with E-state index in [0.717, 1.165) is 4.90 Å². The van der Waals surface area contributed by atoms with Crippen molar-refractivity contribution in [3.8, 4) is 0 Å². The highest BCUT2D eigenvalue weighted by molar-refractivity contribution is 5.81. The Labute approximate surface area is 379 Å². The van der Waals surface area contributed by atoms with Crippen LogP contribution in [0.1, 0.15) is 94.9 Å². The Hall–Kier alpha value is -3.85. The van der Waals surface area contributed by atoms with Crippen molar-refractivity contribution < 1.29 is 87.8 Å². The molecular formula is C41H74N6O18. The quantitative estimate of drug-likeness (QED) is 0.0693. The number of nitrogens with one attached hydrogen (secondary N) is 5. The molecule has 3 fully saturated rings. The van der Waals surface area contributed by atoms with Gasteiger partial charge < -0.3 is 95.3 Å². The molecular weight excluding hydrogens is 864 g/mol. The average molecular weight is 939 g/mol.